The third kappa shape index (κ3) is 43.6. The van der Waals surface area contributed by atoms with Crippen LogP contribution in [0.15, 0.2) is 134 Å². The van der Waals surface area contributed by atoms with E-state index < -0.39 is 12.1 Å². The van der Waals surface area contributed by atoms with E-state index in [1.807, 2.05) is 6.08 Å². The number of aliphatic hydroxyl groups excluding tert-OH is 2. The molecule has 0 bridgehead atoms. The van der Waals surface area contributed by atoms with Gasteiger partial charge in [0.1, 0.15) is 0 Å². The Balaban J connectivity index is 3.73. The van der Waals surface area contributed by atoms with Crippen molar-refractivity contribution >= 4 is 5.91 Å². The molecule has 0 aliphatic rings. The topological polar surface area (TPSA) is 69.6 Å². The zero-order chi connectivity index (χ0) is 42.1. The maximum atomic E-state index is 12.4. The fourth-order valence-corrected chi connectivity index (χ4v) is 6.07. The summed E-state index contributed by atoms with van der Waals surface area (Å²) in [5, 5.41) is 22.9. The van der Waals surface area contributed by atoms with Gasteiger partial charge in [0.15, 0.2) is 0 Å². The second kappa shape index (κ2) is 47.9. The van der Waals surface area contributed by atoms with Crippen LogP contribution in [0.5, 0.6) is 0 Å². The molecule has 1 amide bonds. The van der Waals surface area contributed by atoms with Crippen LogP contribution in [0, 0.1) is 0 Å². The molecule has 326 valence electrons. The summed E-state index contributed by atoms with van der Waals surface area (Å²) in [6.45, 7) is 4.14. The van der Waals surface area contributed by atoms with Crippen molar-refractivity contribution in [3.05, 3.63) is 134 Å². The lowest BCUT2D eigenvalue weighted by atomic mass is 10.1. The summed E-state index contributed by atoms with van der Waals surface area (Å²) in [6.07, 6.45) is 75.6. The molecule has 0 radical (unpaired) electrons. The molecule has 0 saturated heterocycles. The molecule has 0 aromatic rings. The molecule has 0 spiro atoms. The number of carbonyl (C=O) groups is 1. The van der Waals surface area contributed by atoms with Crippen molar-refractivity contribution < 1.29 is 15.0 Å². The number of rotatable bonds is 40. The molecular weight excluding hydrogens is 711 g/mol. The van der Waals surface area contributed by atoms with E-state index in [1.54, 1.807) is 6.08 Å². The molecule has 2 unspecified atom stereocenters. The lowest BCUT2D eigenvalue weighted by Crippen LogP contribution is -2.45. The number of unbranched alkanes of at least 4 members (excludes halogenated alkanes) is 13. The number of carbonyl (C=O) groups excluding carboxylic acids is 1. The zero-order valence-corrected chi connectivity index (χ0v) is 37.3. The molecule has 2 atom stereocenters. The monoisotopic (exact) mass is 798 g/mol. The summed E-state index contributed by atoms with van der Waals surface area (Å²) in [4.78, 5) is 12.4. The molecule has 0 heterocycles. The van der Waals surface area contributed by atoms with Crippen LogP contribution < -0.4 is 5.32 Å². The highest BCUT2D eigenvalue weighted by Crippen LogP contribution is 2.10. The summed E-state index contributed by atoms with van der Waals surface area (Å²) < 4.78 is 0. The number of hydrogen-bond donors (Lipinski definition) is 3. The fraction of sp³-hybridized carbons (Fsp3) is 0.574. The minimum Gasteiger partial charge on any atom is -0.394 e. The van der Waals surface area contributed by atoms with Gasteiger partial charge in [0.2, 0.25) is 5.91 Å². The third-order valence-electron chi connectivity index (χ3n) is 9.62. The van der Waals surface area contributed by atoms with Gasteiger partial charge in [0, 0.05) is 6.42 Å². The Bertz CT molecular complexity index is 1220. The summed E-state index contributed by atoms with van der Waals surface area (Å²) in [5.41, 5.74) is 0. The van der Waals surface area contributed by atoms with Crippen molar-refractivity contribution in [1.29, 1.82) is 0 Å². The minimum atomic E-state index is -0.879. The minimum absolute atomic E-state index is 0.101. The number of amides is 1. The molecule has 0 aliphatic carbocycles. The molecule has 0 aromatic carbocycles. The van der Waals surface area contributed by atoms with Crippen molar-refractivity contribution in [1.82, 2.24) is 5.32 Å². The van der Waals surface area contributed by atoms with Gasteiger partial charge in [0.05, 0.1) is 18.8 Å². The van der Waals surface area contributed by atoms with Crippen molar-refractivity contribution in [2.75, 3.05) is 6.61 Å². The Hall–Kier alpha value is -3.47. The van der Waals surface area contributed by atoms with Gasteiger partial charge in [-0.05, 0) is 103 Å². The molecule has 0 rings (SSSR count). The Kier molecular flexibility index (Phi) is 45.0. The van der Waals surface area contributed by atoms with Crippen molar-refractivity contribution in [3.63, 3.8) is 0 Å². The van der Waals surface area contributed by atoms with Gasteiger partial charge in [0.25, 0.3) is 0 Å². The van der Waals surface area contributed by atoms with E-state index >= 15 is 0 Å². The zero-order valence-electron chi connectivity index (χ0n) is 37.3. The third-order valence-corrected chi connectivity index (χ3v) is 9.62. The van der Waals surface area contributed by atoms with E-state index in [1.165, 1.54) is 57.8 Å². The highest BCUT2D eigenvalue weighted by molar-refractivity contribution is 5.76. The van der Waals surface area contributed by atoms with Crippen LogP contribution in [0.2, 0.25) is 0 Å². The normalized spacial score (nSPS) is 14.2. The predicted octanol–water partition coefficient (Wildman–Crippen LogP) is 15.1. The molecule has 0 saturated carbocycles. The second-order valence-electron chi connectivity index (χ2n) is 15.1. The summed E-state index contributed by atoms with van der Waals surface area (Å²) >= 11 is 0. The van der Waals surface area contributed by atoms with Gasteiger partial charge < -0.3 is 15.5 Å². The van der Waals surface area contributed by atoms with Crippen LogP contribution in [-0.2, 0) is 4.79 Å². The first-order valence-electron chi connectivity index (χ1n) is 23.4. The van der Waals surface area contributed by atoms with E-state index in [4.69, 9.17) is 0 Å². The molecule has 0 aliphatic heterocycles. The lowest BCUT2D eigenvalue weighted by Gasteiger charge is -2.19. The van der Waals surface area contributed by atoms with E-state index in [2.05, 4.69) is 141 Å². The maximum Gasteiger partial charge on any atom is 0.220 e. The first-order valence-corrected chi connectivity index (χ1v) is 23.4. The predicted molar refractivity (Wildman–Crippen MR) is 257 cm³/mol. The number of hydrogen-bond acceptors (Lipinski definition) is 3. The SMILES string of the molecule is CC/C=C\C/C=C\C/C=C\C/C=C\C/C=C\C/C=C\C/C=C\C/C=C\C/C=C\CCCCCCCC(=O)NC(CO)C(O)/C=C/CC/C=C/CCCCCCCCC. The molecule has 58 heavy (non-hydrogen) atoms. The van der Waals surface area contributed by atoms with Gasteiger partial charge in [-0.1, -0.05) is 205 Å². The average molecular weight is 798 g/mol. The Morgan fingerprint density at radius 1 is 0.431 bits per heavy atom. The van der Waals surface area contributed by atoms with Gasteiger partial charge in [-0.15, -0.1) is 0 Å². The van der Waals surface area contributed by atoms with Crippen molar-refractivity contribution in [2.24, 2.45) is 0 Å². The Morgan fingerprint density at radius 3 is 1.21 bits per heavy atom. The molecule has 4 nitrogen and oxygen atoms in total. The van der Waals surface area contributed by atoms with Gasteiger partial charge >= 0.3 is 0 Å². The van der Waals surface area contributed by atoms with E-state index in [-0.39, 0.29) is 12.5 Å². The average Bonchev–Trinajstić information content (AvgIpc) is 3.23. The molecule has 3 N–H and O–H groups in total. The number of allylic oxidation sites excluding steroid dienone is 21. The van der Waals surface area contributed by atoms with Crippen molar-refractivity contribution in [3.8, 4) is 0 Å². The van der Waals surface area contributed by atoms with E-state index in [0.717, 1.165) is 103 Å². The van der Waals surface area contributed by atoms with Gasteiger partial charge in [-0.3, -0.25) is 4.79 Å². The van der Waals surface area contributed by atoms with Crippen LogP contribution in [0.3, 0.4) is 0 Å². The quantitative estimate of drug-likeness (QED) is 0.0427. The van der Waals surface area contributed by atoms with E-state index in [0.29, 0.717) is 6.42 Å². The maximum absolute atomic E-state index is 12.4. The first kappa shape index (κ1) is 54.5. The highest BCUT2D eigenvalue weighted by Gasteiger charge is 2.17. The molecular formula is C54H87NO3. The Labute approximate surface area is 358 Å². The van der Waals surface area contributed by atoms with Crippen molar-refractivity contribution in [2.45, 2.75) is 193 Å². The molecule has 0 fully saturated rings. The van der Waals surface area contributed by atoms with Crippen LogP contribution in [0.25, 0.3) is 0 Å². The van der Waals surface area contributed by atoms with Gasteiger partial charge in [-0.2, -0.15) is 0 Å². The highest BCUT2D eigenvalue weighted by atomic mass is 16.3. The summed E-state index contributed by atoms with van der Waals surface area (Å²) in [5.74, 6) is -0.101. The lowest BCUT2D eigenvalue weighted by molar-refractivity contribution is -0.123. The van der Waals surface area contributed by atoms with Crippen LogP contribution in [0.1, 0.15) is 181 Å². The van der Waals surface area contributed by atoms with Crippen LogP contribution in [0.4, 0.5) is 0 Å². The fourth-order valence-electron chi connectivity index (χ4n) is 6.07. The first-order chi connectivity index (χ1) is 28.7. The molecule has 0 aromatic heterocycles. The second-order valence-corrected chi connectivity index (χ2v) is 15.1. The van der Waals surface area contributed by atoms with Crippen LogP contribution >= 0.6 is 0 Å². The number of nitrogens with one attached hydrogen (secondary N) is 1. The summed E-state index contributed by atoms with van der Waals surface area (Å²) in [6, 6.07) is -0.659. The molecule has 4 heteroatoms. The van der Waals surface area contributed by atoms with Crippen LogP contribution in [-0.4, -0.2) is 34.9 Å². The van der Waals surface area contributed by atoms with Gasteiger partial charge in [-0.25, -0.2) is 0 Å². The standard InChI is InChI=1S/C54H87NO3/c1-3-5-7-9-11-13-15-17-18-19-20-21-22-23-24-25-26-27-28-29-30-31-32-33-34-35-36-38-40-42-44-46-48-50-54(58)55-52(51-56)53(57)49-47-45-43-41-39-37-16-14-12-10-8-6-4-2/h5,7,11,13,17-18,20-21,23-24,26-27,29-30,32-33,35-36,39,41,47,49,52-53,56-57H,3-4,6,8-10,12,14-16,19,22,25,28,31,34,37-38,40,42-46,48,50-51H2,1-2H3,(H,55,58)/b7-5-,13-11-,18-17-,21-20-,24-23-,27-26-,30-29-,33-32-,36-35-,41-39+,49-47+. The number of aliphatic hydroxyl groups is 2. The summed E-state index contributed by atoms with van der Waals surface area (Å²) in [7, 11) is 0. The largest absolute Gasteiger partial charge is 0.394 e. The Morgan fingerprint density at radius 2 is 0.776 bits per heavy atom. The smallest absolute Gasteiger partial charge is 0.220 e. The van der Waals surface area contributed by atoms with E-state index in [9.17, 15) is 15.0 Å².